The molecule has 0 aliphatic heterocycles. The van der Waals surface area contributed by atoms with Crippen molar-refractivity contribution in [1.29, 1.82) is 0 Å². The van der Waals surface area contributed by atoms with Crippen LogP contribution in [0.3, 0.4) is 0 Å². The topological polar surface area (TPSA) is 92.7 Å². The van der Waals surface area contributed by atoms with E-state index in [0.29, 0.717) is 17.9 Å². The largest absolute Gasteiger partial charge is 0.328 e. The van der Waals surface area contributed by atoms with Crippen LogP contribution in [0.4, 0.5) is 5.82 Å². The van der Waals surface area contributed by atoms with Gasteiger partial charge < -0.3 is 10.3 Å². The molecule has 1 amide bonds. The highest BCUT2D eigenvalue weighted by Crippen LogP contribution is 2.17. The van der Waals surface area contributed by atoms with Gasteiger partial charge in [-0.25, -0.2) is 0 Å². The van der Waals surface area contributed by atoms with E-state index in [1.54, 1.807) is 23.1 Å². The van der Waals surface area contributed by atoms with E-state index in [-0.39, 0.29) is 11.5 Å². The van der Waals surface area contributed by atoms with Crippen molar-refractivity contribution < 1.29 is 4.79 Å². The Morgan fingerprint density at radius 3 is 2.85 bits per heavy atom. The molecule has 3 heterocycles. The van der Waals surface area contributed by atoms with E-state index in [9.17, 15) is 9.59 Å². The van der Waals surface area contributed by atoms with Crippen molar-refractivity contribution in [3.8, 4) is 0 Å². The smallest absolute Gasteiger partial charge is 0.258 e. The average molecular weight is 345 g/mol. The number of para-hydroxylation sites is 1. The van der Waals surface area contributed by atoms with Crippen molar-refractivity contribution in [2.24, 2.45) is 0 Å². The molecule has 0 atom stereocenters. The minimum Gasteiger partial charge on any atom is -0.328 e. The summed E-state index contributed by atoms with van der Waals surface area (Å²) in [5, 5.41) is 8.17. The number of anilines is 1. The highest BCUT2D eigenvalue weighted by molar-refractivity contribution is 6.03. The molecule has 4 aromatic rings. The van der Waals surface area contributed by atoms with Crippen LogP contribution >= 0.6 is 0 Å². The van der Waals surface area contributed by atoms with E-state index in [4.69, 9.17) is 0 Å². The zero-order valence-corrected chi connectivity index (χ0v) is 13.7. The molecule has 7 nitrogen and oxygen atoms in total. The van der Waals surface area contributed by atoms with E-state index in [1.807, 2.05) is 30.3 Å². The predicted molar refractivity (Wildman–Crippen MR) is 98.1 cm³/mol. The second-order valence-corrected chi connectivity index (χ2v) is 5.79. The van der Waals surface area contributed by atoms with Gasteiger partial charge in [0.15, 0.2) is 5.82 Å². The van der Waals surface area contributed by atoms with Crippen molar-refractivity contribution >= 4 is 22.6 Å². The summed E-state index contributed by atoms with van der Waals surface area (Å²) in [5.74, 6) is 0.104. The quantitative estimate of drug-likeness (QED) is 0.594. The summed E-state index contributed by atoms with van der Waals surface area (Å²) < 4.78 is 1.74. The Kier molecular flexibility index (Phi) is 4.03. The molecular weight excluding hydrogens is 330 g/mol. The monoisotopic (exact) mass is 345 g/mol. The van der Waals surface area contributed by atoms with Crippen LogP contribution in [0.5, 0.6) is 0 Å². The number of amides is 1. The summed E-state index contributed by atoms with van der Waals surface area (Å²) >= 11 is 0. The maximum atomic E-state index is 12.2. The molecule has 0 radical (unpaired) electrons. The molecule has 0 spiro atoms. The number of fused-ring (bicyclic) bond motifs is 1. The molecule has 128 valence electrons. The van der Waals surface area contributed by atoms with Gasteiger partial charge in [-0.05, 0) is 17.7 Å². The van der Waals surface area contributed by atoms with Gasteiger partial charge in [0.1, 0.15) is 0 Å². The van der Waals surface area contributed by atoms with Crippen LogP contribution < -0.4 is 10.9 Å². The number of pyridine rings is 2. The zero-order valence-electron chi connectivity index (χ0n) is 13.7. The van der Waals surface area contributed by atoms with Gasteiger partial charge in [0, 0.05) is 36.1 Å². The molecule has 26 heavy (non-hydrogen) atoms. The van der Waals surface area contributed by atoms with Gasteiger partial charge in [-0.15, -0.1) is 0 Å². The van der Waals surface area contributed by atoms with Crippen LogP contribution in [-0.2, 0) is 6.54 Å². The number of benzene rings is 1. The highest BCUT2D eigenvalue weighted by atomic mass is 16.2. The molecule has 0 unspecified atom stereocenters. The molecule has 0 aliphatic carbocycles. The number of nitrogens with zero attached hydrogens (tertiary/aromatic N) is 3. The van der Waals surface area contributed by atoms with E-state index in [1.165, 1.54) is 18.3 Å². The number of aromatic amines is 1. The van der Waals surface area contributed by atoms with Gasteiger partial charge >= 0.3 is 0 Å². The lowest BCUT2D eigenvalue weighted by Crippen LogP contribution is -2.15. The van der Waals surface area contributed by atoms with Crippen LogP contribution in [0.1, 0.15) is 15.9 Å². The summed E-state index contributed by atoms with van der Waals surface area (Å²) in [4.78, 5) is 30.2. The Hall–Kier alpha value is -3.74. The molecular formula is C19H15N5O2. The van der Waals surface area contributed by atoms with Gasteiger partial charge in [0.25, 0.3) is 5.91 Å². The number of hydrogen-bond donors (Lipinski definition) is 2. The number of carbonyl (C=O) groups is 1. The summed E-state index contributed by atoms with van der Waals surface area (Å²) in [6, 6.07) is 14.4. The van der Waals surface area contributed by atoms with E-state index in [0.717, 1.165) is 16.5 Å². The Morgan fingerprint density at radius 1 is 1.12 bits per heavy atom. The van der Waals surface area contributed by atoms with Crippen molar-refractivity contribution in [3.63, 3.8) is 0 Å². The lowest BCUT2D eigenvalue weighted by Gasteiger charge is -2.06. The van der Waals surface area contributed by atoms with E-state index < -0.39 is 0 Å². The fraction of sp³-hybridized carbons (Fsp3) is 0.0526. The van der Waals surface area contributed by atoms with Crippen LogP contribution in [0.15, 0.2) is 71.9 Å². The summed E-state index contributed by atoms with van der Waals surface area (Å²) in [7, 11) is 0. The van der Waals surface area contributed by atoms with Gasteiger partial charge in [0.05, 0.1) is 17.6 Å². The second-order valence-electron chi connectivity index (χ2n) is 5.79. The highest BCUT2D eigenvalue weighted by Gasteiger charge is 2.09. The average Bonchev–Trinajstić information content (AvgIpc) is 3.09. The number of H-pyrrole nitrogens is 1. The zero-order chi connectivity index (χ0) is 17.9. The number of nitrogens with one attached hydrogen (secondary N) is 2. The summed E-state index contributed by atoms with van der Waals surface area (Å²) in [6.07, 6.45) is 4.94. The molecule has 0 fully saturated rings. The summed E-state index contributed by atoms with van der Waals surface area (Å²) in [6.45, 7) is 0.545. The molecule has 0 saturated carbocycles. The van der Waals surface area contributed by atoms with Gasteiger partial charge in [-0.1, -0.05) is 24.3 Å². The Morgan fingerprint density at radius 2 is 2.00 bits per heavy atom. The predicted octanol–water partition coefficient (Wildman–Crippen LogP) is 2.42. The van der Waals surface area contributed by atoms with Crippen LogP contribution in [0.2, 0.25) is 0 Å². The lowest BCUT2D eigenvalue weighted by atomic mass is 10.1. The maximum absolute atomic E-state index is 12.2. The molecule has 3 aromatic heterocycles. The Bertz CT molecular complexity index is 1120. The Balaban J connectivity index is 1.52. The molecule has 7 heteroatoms. The number of rotatable bonds is 4. The van der Waals surface area contributed by atoms with Crippen LogP contribution in [0.25, 0.3) is 10.9 Å². The lowest BCUT2D eigenvalue weighted by molar-refractivity contribution is 0.102. The normalized spacial score (nSPS) is 10.8. The van der Waals surface area contributed by atoms with Crippen molar-refractivity contribution in [1.82, 2.24) is 19.7 Å². The first-order valence-electron chi connectivity index (χ1n) is 8.05. The van der Waals surface area contributed by atoms with Crippen molar-refractivity contribution in [3.05, 3.63) is 88.6 Å². The molecule has 1 aromatic carbocycles. The maximum Gasteiger partial charge on any atom is 0.258 e. The first kappa shape index (κ1) is 15.8. The fourth-order valence-corrected chi connectivity index (χ4v) is 2.73. The van der Waals surface area contributed by atoms with Crippen LogP contribution in [0, 0.1) is 0 Å². The van der Waals surface area contributed by atoms with Crippen molar-refractivity contribution in [2.75, 3.05) is 5.32 Å². The van der Waals surface area contributed by atoms with E-state index >= 15 is 0 Å². The molecule has 4 rings (SSSR count). The fourth-order valence-electron chi connectivity index (χ4n) is 2.73. The van der Waals surface area contributed by atoms with E-state index in [2.05, 4.69) is 20.4 Å². The third-order valence-corrected chi connectivity index (χ3v) is 3.98. The van der Waals surface area contributed by atoms with Crippen LogP contribution in [-0.4, -0.2) is 25.7 Å². The minimum atomic E-state index is -0.335. The van der Waals surface area contributed by atoms with Gasteiger partial charge in [-0.2, -0.15) is 5.10 Å². The SMILES string of the molecule is O=C(Nc1ccn(Cc2cccc3cccnc23)n1)c1ccc(=O)[nH]c1. The third kappa shape index (κ3) is 3.23. The Labute approximate surface area is 148 Å². The molecule has 2 N–H and O–H groups in total. The standard InChI is InChI=1S/C19H15N5O2/c25-17-7-6-14(11-21-17)19(26)22-16-8-10-24(23-16)12-15-4-1-3-13-5-2-9-20-18(13)15/h1-11H,12H2,(H,21,25)(H,22,23,26). The van der Waals surface area contributed by atoms with Gasteiger partial charge in [-0.3, -0.25) is 19.3 Å². The first-order chi connectivity index (χ1) is 12.7. The second kappa shape index (κ2) is 6.64. The molecule has 0 saturated heterocycles. The number of carbonyl (C=O) groups excluding carboxylic acids is 1. The third-order valence-electron chi connectivity index (χ3n) is 3.98. The van der Waals surface area contributed by atoms with Crippen molar-refractivity contribution in [2.45, 2.75) is 6.54 Å². The minimum absolute atomic E-state index is 0.255. The number of hydrogen-bond acceptors (Lipinski definition) is 4. The molecule has 0 bridgehead atoms. The summed E-state index contributed by atoms with van der Waals surface area (Å²) in [5.41, 5.74) is 2.08. The van der Waals surface area contributed by atoms with Gasteiger partial charge in [0.2, 0.25) is 5.56 Å². The molecule has 0 aliphatic rings. The number of aromatic nitrogens is 4. The first-order valence-corrected chi connectivity index (χ1v) is 8.05.